The van der Waals surface area contributed by atoms with Crippen LogP contribution in [0.5, 0.6) is 0 Å². The molecule has 0 radical (unpaired) electrons. The molecule has 0 saturated heterocycles. The van der Waals surface area contributed by atoms with Crippen LogP contribution in [0.25, 0.3) is 0 Å². The summed E-state index contributed by atoms with van der Waals surface area (Å²) in [7, 11) is 3.81. The van der Waals surface area contributed by atoms with E-state index in [1.54, 1.807) is 13.0 Å². The van der Waals surface area contributed by atoms with Gasteiger partial charge < -0.3 is 10.6 Å². The molecule has 2 aromatic rings. The third-order valence-electron chi connectivity index (χ3n) is 2.44. The Hall–Kier alpha value is -1.18. The van der Waals surface area contributed by atoms with Crippen LogP contribution in [0.2, 0.25) is 0 Å². The lowest BCUT2D eigenvalue weighted by atomic mass is 10.1. The first kappa shape index (κ1) is 14.2. The van der Waals surface area contributed by atoms with Crippen LogP contribution in [0.3, 0.4) is 0 Å². The average Bonchev–Trinajstić information content (AvgIpc) is 2.77. The van der Waals surface area contributed by atoms with Gasteiger partial charge in [-0.25, -0.2) is 4.39 Å². The maximum Gasteiger partial charge on any atom is 0.208 e. The summed E-state index contributed by atoms with van der Waals surface area (Å²) >= 11 is 2.86. The number of halogens is 1. The molecule has 0 bridgehead atoms. The third kappa shape index (κ3) is 3.23. The SMILES string of the molecule is C[C@H](N)c1c(F)cccc1Sc1nnc(N(C)C)s1. The van der Waals surface area contributed by atoms with Crippen molar-refractivity contribution in [3.8, 4) is 0 Å². The highest BCUT2D eigenvalue weighted by Crippen LogP contribution is 2.36. The third-order valence-corrected chi connectivity index (χ3v) is 4.66. The number of benzene rings is 1. The molecule has 0 saturated carbocycles. The van der Waals surface area contributed by atoms with E-state index in [2.05, 4.69) is 10.2 Å². The molecule has 2 N–H and O–H groups in total. The topological polar surface area (TPSA) is 55.0 Å². The van der Waals surface area contributed by atoms with Gasteiger partial charge in [0.05, 0.1) is 0 Å². The quantitative estimate of drug-likeness (QED) is 0.940. The highest BCUT2D eigenvalue weighted by molar-refractivity contribution is 8.01. The summed E-state index contributed by atoms with van der Waals surface area (Å²) in [5, 5.41) is 8.97. The number of nitrogens with two attached hydrogens (primary N) is 1. The predicted molar refractivity (Wildman–Crippen MR) is 77.4 cm³/mol. The van der Waals surface area contributed by atoms with Crippen LogP contribution in [-0.4, -0.2) is 24.3 Å². The van der Waals surface area contributed by atoms with Crippen LogP contribution in [0, 0.1) is 5.82 Å². The zero-order valence-corrected chi connectivity index (χ0v) is 12.6. The average molecular weight is 298 g/mol. The fraction of sp³-hybridized carbons (Fsp3) is 0.333. The highest BCUT2D eigenvalue weighted by atomic mass is 32.2. The number of nitrogens with zero attached hydrogens (tertiary/aromatic N) is 3. The maximum absolute atomic E-state index is 13.8. The van der Waals surface area contributed by atoms with Crippen LogP contribution in [0.4, 0.5) is 9.52 Å². The van der Waals surface area contributed by atoms with Gasteiger partial charge in [0.2, 0.25) is 5.13 Å². The second-order valence-electron chi connectivity index (χ2n) is 4.29. The van der Waals surface area contributed by atoms with E-state index in [-0.39, 0.29) is 11.9 Å². The minimum atomic E-state index is -0.357. The molecule has 1 aromatic carbocycles. The summed E-state index contributed by atoms with van der Waals surface area (Å²) in [4.78, 5) is 2.68. The van der Waals surface area contributed by atoms with E-state index in [0.29, 0.717) is 5.56 Å². The lowest BCUT2D eigenvalue weighted by Gasteiger charge is -2.11. The fourth-order valence-electron chi connectivity index (χ4n) is 1.57. The van der Waals surface area contributed by atoms with Crippen molar-refractivity contribution in [1.82, 2.24) is 10.2 Å². The first-order valence-electron chi connectivity index (χ1n) is 5.71. The number of anilines is 1. The standard InChI is InChI=1S/C12H15FN4S2/c1-7(14)10-8(13)5-4-6-9(10)18-12-16-15-11(19-12)17(2)3/h4-7H,14H2,1-3H3/t7-/m0/s1. The zero-order valence-electron chi connectivity index (χ0n) is 10.9. The monoisotopic (exact) mass is 298 g/mol. The van der Waals surface area contributed by atoms with Crippen LogP contribution in [-0.2, 0) is 0 Å². The van der Waals surface area contributed by atoms with Gasteiger partial charge in [-0.2, -0.15) is 0 Å². The van der Waals surface area contributed by atoms with Gasteiger partial charge in [0.25, 0.3) is 0 Å². The Kier molecular flexibility index (Phi) is 4.38. The molecule has 0 aliphatic carbocycles. The van der Waals surface area contributed by atoms with Crippen molar-refractivity contribution in [1.29, 1.82) is 0 Å². The molecule has 1 aromatic heterocycles. The van der Waals surface area contributed by atoms with Gasteiger partial charge in [0.15, 0.2) is 4.34 Å². The van der Waals surface area contributed by atoms with E-state index in [1.165, 1.54) is 29.2 Å². The number of hydrogen-bond donors (Lipinski definition) is 1. The molecular weight excluding hydrogens is 283 g/mol. The Morgan fingerprint density at radius 2 is 2.11 bits per heavy atom. The predicted octanol–water partition coefficient (Wildman–Crippen LogP) is 2.91. The van der Waals surface area contributed by atoms with Crippen molar-refractivity contribution in [2.75, 3.05) is 19.0 Å². The Bertz CT molecular complexity index is 569. The lowest BCUT2D eigenvalue weighted by Crippen LogP contribution is -2.08. The molecule has 2 rings (SSSR count). The molecule has 4 nitrogen and oxygen atoms in total. The van der Waals surface area contributed by atoms with E-state index in [0.717, 1.165) is 14.4 Å². The highest BCUT2D eigenvalue weighted by Gasteiger charge is 2.15. The summed E-state index contributed by atoms with van der Waals surface area (Å²) < 4.78 is 14.6. The van der Waals surface area contributed by atoms with E-state index in [4.69, 9.17) is 5.73 Å². The van der Waals surface area contributed by atoms with E-state index >= 15 is 0 Å². The largest absolute Gasteiger partial charge is 0.353 e. The molecule has 0 amide bonds. The minimum absolute atomic E-state index is 0.280. The second kappa shape index (κ2) is 5.85. The van der Waals surface area contributed by atoms with Crippen molar-refractivity contribution in [2.24, 2.45) is 5.73 Å². The Labute approximate surface area is 119 Å². The van der Waals surface area contributed by atoms with Crippen LogP contribution in [0.15, 0.2) is 27.4 Å². The van der Waals surface area contributed by atoms with Gasteiger partial charge in [-0.05, 0) is 19.1 Å². The first-order valence-corrected chi connectivity index (χ1v) is 7.35. The van der Waals surface area contributed by atoms with Gasteiger partial charge in [-0.1, -0.05) is 29.2 Å². The van der Waals surface area contributed by atoms with E-state index in [9.17, 15) is 4.39 Å². The number of hydrogen-bond acceptors (Lipinski definition) is 6. The zero-order chi connectivity index (χ0) is 14.0. The molecular formula is C12H15FN4S2. The fourth-order valence-corrected chi connectivity index (χ4v) is 3.54. The summed E-state index contributed by atoms with van der Waals surface area (Å²) in [5.74, 6) is -0.280. The molecule has 0 fully saturated rings. The Morgan fingerprint density at radius 3 is 2.68 bits per heavy atom. The summed E-state index contributed by atoms with van der Waals surface area (Å²) in [6, 6.07) is 4.60. The minimum Gasteiger partial charge on any atom is -0.353 e. The number of aromatic nitrogens is 2. The van der Waals surface area contributed by atoms with Crippen LogP contribution in [0.1, 0.15) is 18.5 Å². The molecule has 0 aliphatic rings. The van der Waals surface area contributed by atoms with Gasteiger partial charge in [-0.3, -0.25) is 0 Å². The van der Waals surface area contributed by atoms with E-state index in [1.807, 2.05) is 25.1 Å². The van der Waals surface area contributed by atoms with Gasteiger partial charge in [0.1, 0.15) is 5.82 Å². The smallest absolute Gasteiger partial charge is 0.208 e. The maximum atomic E-state index is 13.8. The summed E-state index contributed by atoms with van der Waals surface area (Å²) in [6.45, 7) is 1.77. The van der Waals surface area contributed by atoms with Crippen LogP contribution >= 0.6 is 23.1 Å². The molecule has 102 valence electrons. The van der Waals surface area contributed by atoms with E-state index < -0.39 is 0 Å². The second-order valence-corrected chi connectivity index (χ2v) is 6.53. The molecule has 1 atom stereocenters. The summed E-state index contributed by atoms with van der Waals surface area (Å²) in [5.41, 5.74) is 6.35. The lowest BCUT2D eigenvalue weighted by molar-refractivity contribution is 0.585. The molecule has 19 heavy (non-hydrogen) atoms. The Balaban J connectivity index is 2.30. The van der Waals surface area contributed by atoms with Crippen LogP contribution < -0.4 is 10.6 Å². The Morgan fingerprint density at radius 1 is 1.37 bits per heavy atom. The number of rotatable bonds is 4. The molecule has 7 heteroatoms. The molecule has 1 heterocycles. The van der Waals surface area contributed by atoms with Crippen molar-refractivity contribution in [2.45, 2.75) is 22.2 Å². The van der Waals surface area contributed by atoms with Crippen molar-refractivity contribution < 1.29 is 4.39 Å². The van der Waals surface area contributed by atoms with Crippen molar-refractivity contribution in [3.05, 3.63) is 29.6 Å². The van der Waals surface area contributed by atoms with Crippen molar-refractivity contribution >= 4 is 28.2 Å². The summed E-state index contributed by atoms with van der Waals surface area (Å²) in [6.07, 6.45) is 0. The van der Waals surface area contributed by atoms with Gasteiger partial charge >= 0.3 is 0 Å². The molecule has 0 unspecified atom stereocenters. The van der Waals surface area contributed by atoms with Crippen molar-refractivity contribution in [3.63, 3.8) is 0 Å². The molecule has 0 spiro atoms. The first-order chi connectivity index (χ1) is 8.99. The normalized spacial score (nSPS) is 12.5. The molecule has 0 aliphatic heterocycles. The van der Waals surface area contributed by atoms with Gasteiger partial charge in [-0.15, -0.1) is 10.2 Å². The van der Waals surface area contributed by atoms with Gasteiger partial charge in [0, 0.05) is 30.6 Å².